The number of hydrogen-bond donors (Lipinski definition) is 0. The molecule has 3 nitrogen and oxygen atoms in total. The molecule has 2 amide bonds. The highest BCUT2D eigenvalue weighted by Gasteiger charge is 2.57. The molecule has 1 saturated carbocycles. The number of rotatable bonds is 1. The van der Waals surface area contributed by atoms with E-state index in [0.717, 1.165) is 18.4 Å². The van der Waals surface area contributed by atoms with Gasteiger partial charge in [0.2, 0.25) is 11.8 Å². The molecule has 2 fully saturated rings. The summed E-state index contributed by atoms with van der Waals surface area (Å²) in [6.07, 6.45) is 6.30. The van der Waals surface area contributed by atoms with Crippen molar-refractivity contribution in [2.24, 2.45) is 23.7 Å². The van der Waals surface area contributed by atoms with Crippen LogP contribution in [0.3, 0.4) is 0 Å². The number of halogens is 1. The van der Waals surface area contributed by atoms with E-state index in [1.54, 1.807) is 12.1 Å². The Morgan fingerprint density at radius 1 is 1.05 bits per heavy atom. The average Bonchev–Trinajstić information content (AvgIpc) is 2.77. The van der Waals surface area contributed by atoms with Crippen molar-refractivity contribution in [1.29, 1.82) is 0 Å². The van der Waals surface area contributed by atoms with Crippen molar-refractivity contribution in [3.8, 4) is 0 Å². The van der Waals surface area contributed by atoms with Crippen molar-refractivity contribution >= 4 is 29.1 Å². The molecule has 21 heavy (non-hydrogen) atoms. The zero-order valence-corrected chi connectivity index (χ0v) is 12.5. The van der Waals surface area contributed by atoms with E-state index < -0.39 is 0 Å². The number of hydrogen-bond acceptors (Lipinski definition) is 2. The Bertz CT molecular complexity index is 649. The summed E-state index contributed by atoms with van der Waals surface area (Å²) in [5, 5.41) is 0.548. The summed E-state index contributed by atoms with van der Waals surface area (Å²) in [7, 11) is 0. The third kappa shape index (κ3) is 1.73. The number of carbonyl (C=O) groups excluding carboxylic acids is 2. The lowest BCUT2D eigenvalue weighted by molar-refractivity contribution is -0.124. The number of amides is 2. The molecular formula is C17H16ClNO2. The molecule has 1 aromatic rings. The zero-order valence-electron chi connectivity index (χ0n) is 11.8. The molecule has 4 heteroatoms. The second-order valence-electron chi connectivity index (χ2n) is 6.28. The topological polar surface area (TPSA) is 37.4 Å². The minimum atomic E-state index is -0.167. The number of aryl methyl sites for hydroxylation is 1. The molecule has 2 bridgehead atoms. The maximum absolute atomic E-state index is 12.8. The molecule has 1 aliphatic heterocycles. The number of allylic oxidation sites excluding steroid dienone is 2. The molecule has 5 rings (SSSR count). The Kier molecular flexibility index (Phi) is 2.77. The van der Waals surface area contributed by atoms with E-state index in [4.69, 9.17) is 11.6 Å². The molecule has 4 aliphatic rings. The standard InChI is InChI=1S/C17H16ClNO2/c1-9-2-7-12(18)8-13(9)19-16(20)14-10-3-4-11(6-5-10)15(14)17(19)21/h2-4,7-8,10-11,14-15H,5-6H2,1H3/t10-,11-,14+,15+/m0/s1. The largest absolute Gasteiger partial charge is 0.274 e. The summed E-state index contributed by atoms with van der Waals surface area (Å²) >= 11 is 6.05. The van der Waals surface area contributed by atoms with Crippen LogP contribution >= 0.6 is 11.6 Å². The number of nitrogens with zero attached hydrogens (tertiary/aromatic N) is 1. The predicted octanol–water partition coefficient (Wildman–Crippen LogP) is 3.35. The van der Waals surface area contributed by atoms with Gasteiger partial charge in [0, 0.05) is 5.02 Å². The van der Waals surface area contributed by atoms with Crippen LogP contribution in [-0.2, 0) is 9.59 Å². The summed E-state index contributed by atoms with van der Waals surface area (Å²) in [6, 6.07) is 5.36. The lowest BCUT2D eigenvalue weighted by atomic mass is 9.63. The number of anilines is 1. The number of imide groups is 1. The van der Waals surface area contributed by atoms with Crippen molar-refractivity contribution < 1.29 is 9.59 Å². The lowest BCUT2D eigenvalue weighted by Gasteiger charge is -2.38. The lowest BCUT2D eigenvalue weighted by Crippen LogP contribution is -2.38. The molecule has 4 atom stereocenters. The van der Waals surface area contributed by atoms with Crippen molar-refractivity contribution in [2.75, 3.05) is 4.90 Å². The van der Waals surface area contributed by atoms with E-state index in [9.17, 15) is 9.59 Å². The van der Waals surface area contributed by atoms with E-state index in [1.807, 2.05) is 13.0 Å². The molecule has 1 aromatic carbocycles. The van der Waals surface area contributed by atoms with Crippen LogP contribution < -0.4 is 4.90 Å². The third-order valence-electron chi connectivity index (χ3n) is 5.17. The Balaban J connectivity index is 1.80. The fourth-order valence-electron chi connectivity index (χ4n) is 4.14. The Hall–Kier alpha value is -1.61. The first-order valence-electron chi connectivity index (χ1n) is 7.40. The van der Waals surface area contributed by atoms with Crippen LogP contribution in [0, 0.1) is 30.6 Å². The molecule has 0 aromatic heterocycles. The summed E-state index contributed by atoms with van der Waals surface area (Å²) in [4.78, 5) is 27.0. The Morgan fingerprint density at radius 2 is 1.62 bits per heavy atom. The summed E-state index contributed by atoms with van der Waals surface area (Å²) in [5.74, 6) is 0.0185. The molecule has 0 radical (unpaired) electrons. The summed E-state index contributed by atoms with van der Waals surface area (Å²) in [6.45, 7) is 1.90. The number of benzene rings is 1. The van der Waals surface area contributed by atoms with Gasteiger partial charge in [-0.25, -0.2) is 4.90 Å². The maximum atomic E-state index is 12.8. The fraction of sp³-hybridized carbons (Fsp3) is 0.412. The van der Waals surface area contributed by atoms with E-state index in [-0.39, 0.29) is 35.5 Å². The van der Waals surface area contributed by atoms with Gasteiger partial charge in [-0.3, -0.25) is 9.59 Å². The molecule has 3 aliphatic carbocycles. The Morgan fingerprint density at radius 3 is 2.14 bits per heavy atom. The van der Waals surface area contributed by atoms with E-state index in [2.05, 4.69) is 12.2 Å². The van der Waals surface area contributed by atoms with E-state index in [0.29, 0.717) is 10.7 Å². The predicted molar refractivity (Wildman–Crippen MR) is 81.0 cm³/mol. The molecule has 1 heterocycles. The van der Waals surface area contributed by atoms with Crippen LogP contribution in [0.2, 0.25) is 5.02 Å². The first kappa shape index (κ1) is 13.1. The normalized spacial score (nSPS) is 33.7. The monoisotopic (exact) mass is 301 g/mol. The number of fused-ring (bicyclic) bond motifs is 1. The van der Waals surface area contributed by atoms with Crippen LogP contribution in [0.4, 0.5) is 5.69 Å². The number of carbonyl (C=O) groups is 2. The van der Waals surface area contributed by atoms with Crippen LogP contribution in [0.15, 0.2) is 30.4 Å². The minimum Gasteiger partial charge on any atom is -0.274 e. The molecular weight excluding hydrogens is 286 g/mol. The Labute approximate surface area is 128 Å². The summed E-state index contributed by atoms with van der Waals surface area (Å²) in [5.41, 5.74) is 1.55. The average molecular weight is 302 g/mol. The second kappa shape index (κ2) is 4.44. The van der Waals surface area contributed by atoms with Gasteiger partial charge >= 0.3 is 0 Å². The van der Waals surface area contributed by atoms with Crippen LogP contribution in [-0.4, -0.2) is 11.8 Å². The molecule has 0 N–H and O–H groups in total. The van der Waals surface area contributed by atoms with Gasteiger partial charge < -0.3 is 0 Å². The highest BCUT2D eigenvalue weighted by Crippen LogP contribution is 2.50. The molecule has 0 spiro atoms. The minimum absolute atomic E-state index is 0.0468. The molecule has 0 unspecified atom stereocenters. The van der Waals surface area contributed by atoms with Crippen LogP contribution in [0.5, 0.6) is 0 Å². The second-order valence-corrected chi connectivity index (χ2v) is 6.72. The van der Waals surface area contributed by atoms with Gasteiger partial charge in [-0.2, -0.15) is 0 Å². The summed E-state index contributed by atoms with van der Waals surface area (Å²) < 4.78 is 0. The van der Waals surface area contributed by atoms with Gasteiger partial charge in [0.05, 0.1) is 17.5 Å². The molecule has 108 valence electrons. The SMILES string of the molecule is Cc1ccc(Cl)cc1N1C(=O)[C@H]2[C@H](C1=O)[C@H]1C=C[C@H]2CC1. The highest BCUT2D eigenvalue weighted by atomic mass is 35.5. The zero-order chi connectivity index (χ0) is 14.7. The van der Waals surface area contributed by atoms with Gasteiger partial charge in [0.25, 0.3) is 0 Å². The fourth-order valence-corrected chi connectivity index (χ4v) is 4.30. The highest BCUT2D eigenvalue weighted by molar-refractivity contribution is 6.31. The first-order valence-corrected chi connectivity index (χ1v) is 7.78. The van der Waals surface area contributed by atoms with Crippen LogP contribution in [0.1, 0.15) is 18.4 Å². The van der Waals surface area contributed by atoms with E-state index >= 15 is 0 Å². The van der Waals surface area contributed by atoms with Gasteiger partial charge in [0.1, 0.15) is 0 Å². The van der Waals surface area contributed by atoms with Crippen LogP contribution in [0.25, 0.3) is 0 Å². The quantitative estimate of drug-likeness (QED) is 0.589. The molecule has 1 saturated heterocycles. The van der Waals surface area contributed by atoms with Gasteiger partial charge in [-0.15, -0.1) is 0 Å². The van der Waals surface area contributed by atoms with Crippen molar-refractivity contribution in [3.63, 3.8) is 0 Å². The van der Waals surface area contributed by atoms with E-state index in [1.165, 1.54) is 4.90 Å². The maximum Gasteiger partial charge on any atom is 0.238 e. The third-order valence-corrected chi connectivity index (χ3v) is 5.41. The van der Waals surface area contributed by atoms with Gasteiger partial charge in [0.15, 0.2) is 0 Å². The van der Waals surface area contributed by atoms with Crippen molar-refractivity contribution in [2.45, 2.75) is 19.8 Å². The van der Waals surface area contributed by atoms with Gasteiger partial charge in [-0.1, -0.05) is 29.8 Å². The van der Waals surface area contributed by atoms with Crippen molar-refractivity contribution in [3.05, 3.63) is 40.9 Å². The smallest absolute Gasteiger partial charge is 0.238 e. The first-order chi connectivity index (χ1) is 10.1. The van der Waals surface area contributed by atoms with Gasteiger partial charge in [-0.05, 0) is 49.3 Å². The van der Waals surface area contributed by atoms with Crippen molar-refractivity contribution in [1.82, 2.24) is 0 Å².